The van der Waals surface area contributed by atoms with Gasteiger partial charge in [-0.05, 0) is 66.9 Å². The number of fused-ring (bicyclic) bond motifs is 1. The van der Waals surface area contributed by atoms with Gasteiger partial charge in [-0.2, -0.15) is 4.31 Å². The molecule has 1 heterocycles. The Morgan fingerprint density at radius 2 is 1.81 bits per heavy atom. The molecule has 0 aliphatic carbocycles. The number of nitrogens with zero attached hydrogens (tertiary/aromatic N) is 1. The number of anilines is 1. The highest BCUT2D eigenvalue weighted by Gasteiger charge is 2.33. The number of sulfonamides is 1. The van der Waals surface area contributed by atoms with Gasteiger partial charge in [-0.15, -0.1) is 0 Å². The van der Waals surface area contributed by atoms with Crippen LogP contribution in [0.2, 0.25) is 0 Å². The fraction of sp³-hybridized carbons (Fsp3) is 0.292. The molecule has 1 atom stereocenters. The van der Waals surface area contributed by atoms with Gasteiger partial charge in [0.05, 0.1) is 17.4 Å². The SMILES string of the molecule is CCOc1ccc(NC(=O)[C@H]2CCCN(S(=O)(=O)c3ccc4ccccc4c3)C2)cc1. The first-order valence-corrected chi connectivity index (χ1v) is 11.9. The molecule has 0 saturated carbocycles. The summed E-state index contributed by atoms with van der Waals surface area (Å²) in [5, 5.41) is 4.77. The van der Waals surface area contributed by atoms with Crippen molar-refractivity contribution in [2.75, 3.05) is 25.0 Å². The van der Waals surface area contributed by atoms with Gasteiger partial charge in [0.25, 0.3) is 0 Å². The van der Waals surface area contributed by atoms with Crippen LogP contribution in [0, 0.1) is 5.92 Å². The van der Waals surface area contributed by atoms with E-state index in [1.54, 1.807) is 36.4 Å². The molecule has 6 nitrogen and oxygen atoms in total. The van der Waals surface area contributed by atoms with E-state index in [9.17, 15) is 13.2 Å². The van der Waals surface area contributed by atoms with Crippen molar-refractivity contribution in [1.29, 1.82) is 0 Å². The second-order valence-electron chi connectivity index (χ2n) is 7.66. The summed E-state index contributed by atoms with van der Waals surface area (Å²) >= 11 is 0. The minimum absolute atomic E-state index is 0.164. The van der Waals surface area contributed by atoms with Gasteiger partial charge in [0.1, 0.15) is 5.75 Å². The largest absolute Gasteiger partial charge is 0.494 e. The molecule has 0 radical (unpaired) electrons. The maximum Gasteiger partial charge on any atom is 0.243 e. The topological polar surface area (TPSA) is 75.7 Å². The van der Waals surface area contributed by atoms with E-state index in [0.717, 1.165) is 16.5 Å². The van der Waals surface area contributed by atoms with Crippen molar-refractivity contribution < 1.29 is 17.9 Å². The summed E-state index contributed by atoms with van der Waals surface area (Å²) in [7, 11) is -3.67. The number of carbonyl (C=O) groups excluding carboxylic acids is 1. The molecule has 0 aromatic heterocycles. The van der Waals surface area contributed by atoms with E-state index in [4.69, 9.17) is 4.74 Å². The zero-order chi connectivity index (χ0) is 21.8. The van der Waals surface area contributed by atoms with Crippen LogP contribution in [0.25, 0.3) is 10.8 Å². The van der Waals surface area contributed by atoms with Gasteiger partial charge >= 0.3 is 0 Å². The number of amides is 1. The molecule has 1 amide bonds. The Morgan fingerprint density at radius 3 is 2.55 bits per heavy atom. The summed E-state index contributed by atoms with van der Waals surface area (Å²) < 4.78 is 33.3. The van der Waals surface area contributed by atoms with Crippen LogP contribution in [0.5, 0.6) is 5.75 Å². The summed E-state index contributed by atoms with van der Waals surface area (Å²) in [6, 6.07) is 20.0. The summed E-state index contributed by atoms with van der Waals surface area (Å²) in [5.41, 5.74) is 0.669. The van der Waals surface area contributed by atoms with Crippen molar-refractivity contribution in [3.05, 3.63) is 66.7 Å². The molecular weight excluding hydrogens is 412 g/mol. The highest BCUT2D eigenvalue weighted by atomic mass is 32.2. The van der Waals surface area contributed by atoms with E-state index in [0.29, 0.717) is 31.7 Å². The van der Waals surface area contributed by atoms with E-state index in [2.05, 4.69) is 5.32 Å². The first kappa shape index (κ1) is 21.3. The first-order chi connectivity index (χ1) is 15.0. The standard InChI is InChI=1S/C24H26N2O4S/c1-2-30-22-12-10-21(11-13-22)25-24(27)20-8-5-15-26(17-20)31(28,29)23-14-9-18-6-3-4-7-19(18)16-23/h3-4,6-7,9-14,16,20H,2,5,8,15,17H2,1H3,(H,25,27)/t20-/m0/s1. The molecule has 162 valence electrons. The van der Waals surface area contributed by atoms with E-state index in [1.807, 2.05) is 37.3 Å². The Kier molecular flexibility index (Phi) is 6.25. The minimum Gasteiger partial charge on any atom is -0.494 e. The van der Waals surface area contributed by atoms with Crippen LogP contribution in [-0.4, -0.2) is 38.3 Å². The van der Waals surface area contributed by atoms with Crippen LogP contribution in [0.15, 0.2) is 71.6 Å². The third-order valence-corrected chi connectivity index (χ3v) is 7.41. The fourth-order valence-corrected chi connectivity index (χ4v) is 5.46. The zero-order valence-electron chi connectivity index (χ0n) is 17.5. The highest BCUT2D eigenvalue weighted by molar-refractivity contribution is 7.89. The molecule has 1 N–H and O–H groups in total. The lowest BCUT2D eigenvalue weighted by molar-refractivity contribution is -0.120. The van der Waals surface area contributed by atoms with Crippen LogP contribution in [0.1, 0.15) is 19.8 Å². The van der Waals surface area contributed by atoms with Gasteiger partial charge in [0.2, 0.25) is 15.9 Å². The maximum atomic E-state index is 13.2. The lowest BCUT2D eigenvalue weighted by atomic mass is 9.99. The number of ether oxygens (including phenoxy) is 1. The quantitative estimate of drug-likeness (QED) is 0.623. The third kappa shape index (κ3) is 4.73. The lowest BCUT2D eigenvalue weighted by Crippen LogP contribution is -2.43. The van der Waals surface area contributed by atoms with Gasteiger partial charge in [-0.3, -0.25) is 4.79 Å². The number of nitrogens with one attached hydrogen (secondary N) is 1. The van der Waals surface area contributed by atoms with E-state index < -0.39 is 15.9 Å². The van der Waals surface area contributed by atoms with Crippen LogP contribution in [-0.2, 0) is 14.8 Å². The fourth-order valence-electron chi connectivity index (χ4n) is 3.90. The maximum absolute atomic E-state index is 13.2. The van der Waals surface area contributed by atoms with E-state index in [-0.39, 0.29) is 17.3 Å². The molecule has 3 aromatic rings. The van der Waals surface area contributed by atoms with E-state index >= 15 is 0 Å². The third-order valence-electron chi connectivity index (χ3n) is 5.55. The Hall–Kier alpha value is -2.90. The van der Waals surface area contributed by atoms with Crippen LogP contribution in [0.4, 0.5) is 5.69 Å². The van der Waals surface area contributed by atoms with Crippen molar-refractivity contribution in [2.45, 2.75) is 24.7 Å². The molecule has 7 heteroatoms. The molecule has 31 heavy (non-hydrogen) atoms. The minimum atomic E-state index is -3.67. The molecule has 1 aliphatic heterocycles. The smallest absolute Gasteiger partial charge is 0.243 e. The van der Waals surface area contributed by atoms with Crippen LogP contribution >= 0.6 is 0 Å². The van der Waals surface area contributed by atoms with Gasteiger partial charge < -0.3 is 10.1 Å². The summed E-state index contributed by atoms with van der Waals surface area (Å²) in [6.45, 7) is 3.09. The van der Waals surface area contributed by atoms with Gasteiger partial charge in [0.15, 0.2) is 0 Å². The van der Waals surface area contributed by atoms with Gasteiger partial charge in [0, 0.05) is 18.8 Å². The predicted octanol–water partition coefficient (Wildman–Crippen LogP) is 4.28. The molecule has 4 rings (SSSR count). The molecule has 0 unspecified atom stereocenters. The van der Waals surface area contributed by atoms with Gasteiger partial charge in [-0.1, -0.05) is 30.3 Å². The molecule has 1 saturated heterocycles. The second kappa shape index (κ2) is 9.08. The Morgan fingerprint density at radius 1 is 1.06 bits per heavy atom. The summed E-state index contributed by atoms with van der Waals surface area (Å²) in [6.07, 6.45) is 1.31. The van der Waals surface area contributed by atoms with E-state index in [1.165, 1.54) is 4.31 Å². The Bertz CT molecular complexity index is 1180. The van der Waals surface area contributed by atoms with Crippen molar-refractivity contribution >= 4 is 32.4 Å². The highest BCUT2D eigenvalue weighted by Crippen LogP contribution is 2.27. The normalized spacial score (nSPS) is 17.4. The molecule has 1 aliphatic rings. The molecule has 1 fully saturated rings. The van der Waals surface area contributed by atoms with Crippen molar-refractivity contribution in [3.8, 4) is 5.75 Å². The first-order valence-electron chi connectivity index (χ1n) is 10.5. The average molecular weight is 439 g/mol. The molecule has 3 aromatic carbocycles. The number of benzene rings is 3. The second-order valence-corrected chi connectivity index (χ2v) is 9.60. The zero-order valence-corrected chi connectivity index (χ0v) is 18.3. The number of piperidine rings is 1. The number of hydrogen-bond donors (Lipinski definition) is 1. The van der Waals surface area contributed by atoms with Gasteiger partial charge in [-0.25, -0.2) is 8.42 Å². The molecular formula is C24H26N2O4S. The van der Waals surface area contributed by atoms with Crippen molar-refractivity contribution in [1.82, 2.24) is 4.31 Å². The monoisotopic (exact) mass is 438 g/mol. The summed E-state index contributed by atoms with van der Waals surface area (Å²) in [4.78, 5) is 13.1. The summed E-state index contributed by atoms with van der Waals surface area (Å²) in [5.74, 6) is 0.184. The van der Waals surface area contributed by atoms with Crippen molar-refractivity contribution in [3.63, 3.8) is 0 Å². The number of carbonyl (C=O) groups is 1. The number of rotatable bonds is 6. The molecule has 0 spiro atoms. The predicted molar refractivity (Wildman–Crippen MR) is 122 cm³/mol. The average Bonchev–Trinajstić information content (AvgIpc) is 2.80. The van der Waals surface area contributed by atoms with Crippen molar-refractivity contribution in [2.24, 2.45) is 5.92 Å². The van der Waals surface area contributed by atoms with Crippen LogP contribution < -0.4 is 10.1 Å². The Labute approximate surface area is 182 Å². The molecule has 0 bridgehead atoms. The number of hydrogen-bond acceptors (Lipinski definition) is 4. The lowest BCUT2D eigenvalue weighted by Gasteiger charge is -2.31. The Balaban J connectivity index is 1.47. The van der Waals surface area contributed by atoms with Crippen LogP contribution in [0.3, 0.4) is 0 Å².